The Kier molecular flexibility index (Phi) is 13.5. The summed E-state index contributed by atoms with van der Waals surface area (Å²) in [5, 5.41) is 12.5. The van der Waals surface area contributed by atoms with Gasteiger partial charge in [0.25, 0.3) is 0 Å². The molecule has 0 saturated heterocycles. The molecule has 1 aromatic carbocycles. The summed E-state index contributed by atoms with van der Waals surface area (Å²) in [7, 11) is -4.62. The second-order valence-electron chi connectivity index (χ2n) is 16.0. The predicted octanol–water partition coefficient (Wildman–Crippen LogP) is 4.25. The topological polar surface area (TPSA) is 204 Å². The number of carbonyl (C=O) groups excluding carboxylic acids is 4. The van der Waals surface area contributed by atoms with Crippen LogP contribution in [-0.4, -0.2) is 120 Å². The third-order valence-electron chi connectivity index (χ3n) is 8.92. The smallest absolute Gasteiger partial charge is 0.471 e. The number of amides is 4. The lowest BCUT2D eigenvalue weighted by molar-refractivity contribution is -0.186. The van der Waals surface area contributed by atoms with E-state index in [0.29, 0.717) is 16.0 Å². The normalized spacial score (nSPS) is 18.8. The van der Waals surface area contributed by atoms with E-state index >= 15 is 0 Å². The van der Waals surface area contributed by atoms with Crippen LogP contribution in [0, 0.1) is 0 Å². The van der Waals surface area contributed by atoms with Gasteiger partial charge in [0.05, 0.1) is 4.90 Å². The Hall–Kier alpha value is -4.98. The Bertz CT molecular complexity index is 1970. The summed E-state index contributed by atoms with van der Waals surface area (Å²) in [6, 6.07) is 0.905. The van der Waals surface area contributed by atoms with Crippen LogP contribution < -0.4 is 10.0 Å². The summed E-state index contributed by atoms with van der Waals surface area (Å²) in [5.74, 6) is -4.45. The standard InChI is InChI=1S/C37H49F3N6O10S/c1-22-12-16-46(28(17-22)30(48)49)29(47)27(43-57(53,54)26-11-10-24-13-15-44(21-25(24)19-26)31(50)37(38,39)40)18-23-9-8-14-45(20-23)32(41-33(51)55-35(2,3)4)42-34(52)56-36(5,6)7/h9-12,19,27-28,43H,8,13-18,20-21H2,1-7H3,(H,48,49)(H,41,42,51,52)/t27-,28+/m0/s1. The van der Waals surface area contributed by atoms with E-state index < -0.39 is 80.9 Å². The van der Waals surface area contributed by atoms with Crippen molar-refractivity contribution in [2.24, 2.45) is 4.99 Å². The van der Waals surface area contributed by atoms with E-state index in [1.165, 1.54) is 17.0 Å². The number of hydrogen-bond acceptors (Lipinski definition) is 9. The Morgan fingerprint density at radius 2 is 1.61 bits per heavy atom. The molecule has 0 fully saturated rings. The lowest BCUT2D eigenvalue weighted by Gasteiger charge is -2.36. The van der Waals surface area contributed by atoms with E-state index in [1.54, 1.807) is 60.6 Å². The molecule has 4 rings (SSSR count). The van der Waals surface area contributed by atoms with Gasteiger partial charge in [-0.25, -0.2) is 22.8 Å². The molecule has 0 radical (unpaired) electrons. The highest BCUT2D eigenvalue weighted by molar-refractivity contribution is 7.89. The molecule has 3 heterocycles. The highest BCUT2D eigenvalue weighted by atomic mass is 32.2. The molecule has 0 bridgehead atoms. The number of fused-ring (bicyclic) bond motifs is 1. The number of alkyl halides is 3. The summed E-state index contributed by atoms with van der Waals surface area (Å²) in [6.07, 6.45) is -3.64. The predicted molar refractivity (Wildman–Crippen MR) is 199 cm³/mol. The zero-order valence-corrected chi connectivity index (χ0v) is 33.7. The Morgan fingerprint density at radius 3 is 2.23 bits per heavy atom. The van der Waals surface area contributed by atoms with Crippen molar-refractivity contribution in [1.29, 1.82) is 0 Å². The van der Waals surface area contributed by atoms with E-state index in [0.717, 1.165) is 16.5 Å². The number of aliphatic carboxylic acids is 1. The molecule has 57 heavy (non-hydrogen) atoms. The van der Waals surface area contributed by atoms with Gasteiger partial charge < -0.3 is 29.3 Å². The minimum absolute atomic E-state index is 0.00416. The zero-order valence-electron chi connectivity index (χ0n) is 32.9. The number of halogens is 3. The first kappa shape index (κ1) is 44.7. The summed E-state index contributed by atoms with van der Waals surface area (Å²) < 4.78 is 80.7. The molecule has 0 aromatic heterocycles. The number of benzene rings is 1. The van der Waals surface area contributed by atoms with E-state index in [-0.39, 0.29) is 63.4 Å². The molecule has 0 unspecified atom stereocenters. The van der Waals surface area contributed by atoms with Crippen LogP contribution in [0.5, 0.6) is 0 Å². The molecule has 20 heteroatoms. The lowest BCUT2D eigenvalue weighted by Crippen LogP contribution is -2.55. The van der Waals surface area contributed by atoms with Crippen LogP contribution in [0.2, 0.25) is 0 Å². The van der Waals surface area contributed by atoms with Gasteiger partial charge in [-0.15, -0.1) is 4.99 Å². The number of nitrogens with zero attached hydrogens (tertiary/aromatic N) is 4. The maximum Gasteiger partial charge on any atom is 0.471 e. The molecule has 3 N–H and O–H groups in total. The summed E-state index contributed by atoms with van der Waals surface area (Å²) in [5.41, 5.74) is 0.0507. The van der Waals surface area contributed by atoms with Crippen LogP contribution in [-0.2, 0) is 46.8 Å². The van der Waals surface area contributed by atoms with Crippen molar-refractivity contribution in [2.45, 2.75) is 115 Å². The Morgan fingerprint density at radius 1 is 0.947 bits per heavy atom. The van der Waals surface area contributed by atoms with Gasteiger partial charge in [0.2, 0.25) is 21.9 Å². The Balaban J connectivity index is 1.67. The number of carboxylic acid groups (broad SMARTS) is 1. The molecular weight excluding hydrogens is 778 g/mol. The SMILES string of the molecule is CC1=CCN(C(=O)[C@H](CC2=CCCN(C(=NC(=O)OC(C)(C)C)NC(=O)OC(C)(C)C)C2)NS(=O)(=O)c2ccc3c(c2)CN(C(=O)C(F)(F)F)CC3)[C@@H](C(=O)O)C1. The molecule has 1 aromatic rings. The number of hydrogen-bond donors (Lipinski definition) is 3. The fourth-order valence-corrected chi connectivity index (χ4v) is 7.62. The van der Waals surface area contributed by atoms with Crippen molar-refractivity contribution in [3.05, 3.63) is 52.6 Å². The molecule has 16 nitrogen and oxygen atoms in total. The average Bonchev–Trinajstić information content (AvgIpc) is 3.08. The first-order valence-corrected chi connectivity index (χ1v) is 19.6. The van der Waals surface area contributed by atoms with Crippen molar-refractivity contribution in [3.8, 4) is 0 Å². The van der Waals surface area contributed by atoms with Crippen LogP contribution in [0.4, 0.5) is 22.8 Å². The first-order chi connectivity index (χ1) is 26.2. The number of alkyl carbamates (subject to hydrolysis) is 1. The van der Waals surface area contributed by atoms with E-state index in [1.807, 2.05) is 0 Å². The van der Waals surface area contributed by atoms with Gasteiger partial charge in [-0.3, -0.25) is 14.9 Å². The molecule has 0 aliphatic carbocycles. The largest absolute Gasteiger partial charge is 0.480 e. The van der Waals surface area contributed by atoms with Gasteiger partial charge in [-0.2, -0.15) is 17.9 Å². The summed E-state index contributed by atoms with van der Waals surface area (Å²) in [4.78, 5) is 70.9. The van der Waals surface area contributed by atoms with Gasteiger partial charge in [0, 0.05) is 32.7 Å². The number of aliphatic imine (C=N–C) groups is 1. The number of ether oxygens (including phenoxy) is 2. The number of guanidine groups is 1. The molecule has 3 aliphatic heterocycles. The van der Waals surface area contributed by atoms with Crippen molar-refractivity contribution in [3.63, 3.8) is 0 Å². The number of carboxylic acids is 1. The van der Waals surface area contributed by atoms with Gasteiger partial charge in [0.15, 0.2) is 0 Å². The van der Waals surface area contributed by atoms with Gasteiger partial charge in [-0.1, -0.05) is 29.4 Å². The fourth-order valence-electron chi connectivity index (χ4n) is 6.38. The number of rotatable bonds is 7. The molecule has 314 valence electrons. The number of sulfonamides is 1. The van der Waals surface area contributed by atoms with Crippen LogP contribution in [0.3, 0.4) is 0 Å². The maximum absolute atomic E-state index is 14.3. The third-order valence-corrected chi connectivity index (χ3v) is 10.4. The third kappa shape index (κ3) is 12.5. The molecule has 4 amide bonds. The minimum atomic E-state index is -5.12. The second kappa shape index (κ2) is 17.3. The van der Waals surface area contributed by atoms with Gasteiger partial charge >= 0.3 is 30.2 Å². The summed E-state index contributed by atoms with van der Waals surface area (Å²) >= 11 is 0. The quantitative estimate of drug-likeness (QED) is 0.201. The van der Waals surface area contributed by atoms with Crippen LogP contribution in [0.25, 0.3) is 0 Å². The fraction of sp³-hybridized carbons (Fsp3) is 0.568. The van der Waals surface area contributed by atoms with Crippen LogP contribution >= 0.6 is 0 Å². The molecule has 0 saturated carbocycles. The number of nitrogens with one attached hydrogen (secondary N) is 2. The molecular formula is C37H49F3N6O10S. The van der Waals surface area contributed by atoms with Crippen molar-refractivity contribution >= 4 is 46.0 Å². The van der Waals surface area contributed by atoms with Crippen molar-refractivity contribution in [2.75, 3.05) is 26.2 Å². The monoisotopic (exact) mass is 826 g/mol. The highest BCUT2D eigenvalue weighted by Gasteiger charge is 2.43. The maximum atomic E-state index is 14.3. The van der Waals surface area contributed by atoms with Gasteiger partial charge in [0.1, 0.15) is 23.3 Å². The average molecular weight is 827 g/mol. The lowest BCUT2D eigenvalue weighted by atomic mass is 9.97. The summed E-state index contributed by atoms with van der Waals surface area (Å²) in [6.45, 7) is 10.8. The van der Waals surface area contributed by atoms with Crippen LogP contribution in [0.1, 0.15) is 78.9 Å². The molecule has 0 spiro atoms. The van der Waals surface area contributed by atoms with E-state index in [2.05, 4.69) is 15.0 Å². The van der Waals surface area contributed by atoms with Crippen molar-refractivity contribution in [1.82, 2.24) is 24.7 Å². The Labute approximate surface area is 329 Å². The van der Waals surface area contributed by atoms with E-state index in [4.69, 9.17) is 9.47 Å². The minimum Gasteiger partial charge on any atom is -0.480 e. The second-order valence-corrected chi connectivity index (χ2v) is 17.7. The molecule has 3 aliphatic rings. The van der Waals surface area contributed by atoms with Gasteiger partial charge in [-0.05, 0) is 97.4 Å². The molecule has 2 atom stereocenters. The van der Waals surface area contributed by atoms with E-state index in [9.17, 15) is 50.7 Å². The number of carbonyl (C=O) groups is 5. The first-order valence-electron chi connectivity index (χ1n) is 18.2. The van der Waals surface area contributed by atoms with Crippen molar-refractivity contribution < 1.29 is 60.1 Å². The van der Waals surface area contributed by atoms with Crippen LogP contribution in [0.15, 0.2) is 51.4 Å². The zero-order chi connectivity index (χ0) is 42.7. The highest BCUT2D eigenvalue weighted by Crippen LogP contribution is 2.28.